The molecule has 0 spiro atoms. The molecule has 14 heteroatoms. The van der Waals surface area contributed by atoms with Gasteiger partial charge in [0.25, 0.3) is 5.56 Å². The van der Waals surface area contributed by atoms with E-state index in [9.17, 15) is 18.8 Å². The molecule has 3 aromatic carbocycles. The number of carbonyl (C=O) groups excluding carboxylic acids is 2. The van der Waals surface area contributed by atoms with Gasteiger partial charge in [0.15, 0.2) is 22.9 Å². The van der Waals surface area contributed by atoms with Crippen molar-refractivity contribution >= 4 is 52.6 Å². The summed E-state index contributed by atoms with van der Waals surface area (Å²) >= 11 is 14.0. The summed E-state index contributed by atoms with van der Waals surface area (Å²) in [6.07, 6.45) is 1.56. The van der Waals surface area contributed by atoms with Crippen molar-refractivity contribution in [2.24, 2.45) is 4.99 Å². The second kappa shape index (κ2) is 15.7. The minimum Gasteiger partial charge on any atom is -0.490 e. The molecule has 0 aliphatic carbocycles. The maximum atomic E-state index is 14.3. The number of carbonyl (C=O) groups is 2. The van der Waals surface area contributed by atoms with E-state index in [1.807, 2.05) is 0 Å². The zero-order chi connectivity index (χ0) is 35.2. The molecule has 0 unspecified atom stereocenters. The highest BCUT2D eigenvalue weighted by atomic mass is 35.5. The molecule has 1 aromatic heterocycles. The van der Waals surface area contributed by atoms with Gasteiger partial charge in [-0.3, -0.25) is 9.36 Å². The molecule has 0 saturated heterocycles. The average molecular weight is 730 g/mol. The van der Waals surface area contributed by atoms with Gasteiger partial charge in [-0.05, 0) is 62.7 Å². The van der Waals surface area contributed by atoms with Crippen molar-refractivity contribution in [3.63, 3.8) is 0 Å². The summed E-state index contributed by atoms with van der Waals surface area (Å²) in [7, 11) is 1.25. The van der Waals surface area contributed by atoms with Gasteiger partial charge in [-0.2, -0.15) is 0 Å². The molecule has 0 N–H and O–H groups in total. The highest BCUT2D eigenvalue weighted by Gasteiger charge is 2.34. The van der Waals surface area contributed by atoms with Gasteiger partial charge in [0.05, 0.1) is 47.2 Å². The molecule has 10 nitrogen and oxygen atoms in total. The molecular weight excluding hydrogens is 698 g/mol. The zero-order valence-electron chi connectivity index (χ0n) is 26.9. The minimum absolute atomic E-state index is 0.0996. The summed E-state index contributed by atoms with van der Waals surface area (Å²) in [5.41, 5.74) is 1.24. The highest BCUT2D eigenvalue weighted by Crippen LogP contribution is 2.37. The van der Waals surface area contributed by atoms with Gasteiger partial charge in [0.2, 0.25) is 0 Å². The Morgan fingerprint density at radius 1 is 1.02 bits per heavy atom. The molecule has 4 aromatic rings. The van der Waals surface area contributed by atoms with Crippen molar-refractivity contribution in [2.75, 3.05) is 26.9 Å². The molecule has 1 aliphatic rings. The zero-order valence-corrected chi connectivity index (χ0v) is 29.2. The van der Waals surface area contributed by atoms with E-state index < -0.39 is 29.4 Å². The Kier molecular flexibility index (Phi) is 11.4. The van der Waals surface area contributed by atoms with Crippen LogP contribution in [0.15, 0.2) is 75.7 Å². The van der Waals surface area contributed by atoms with Crippen LogP contribution in [0.25, 0.3) is 6.08 Å². The van der Waals surface area contributed by atoms with Crippen molar-refractivity contribution in [1.29, 1.82) is 0 Å². The van der Waals surface area contributed by atoms with E-state index in [1.165, 1.54) is 23.8 Å². The lowest BCUT2D eigenvalue weighted by atomic mass is 9.95. The van der Waals surface area contributed by atoms with Crippen molar-refractivity contribution in [2.45, 2.75) is 33.4 Å². The molecule has 5 rings (SSSR count). The number of aromatic nitrogens is 1. The van der Waals surface area contributed by atoms with Crippen LogP contribution >= 0.6 is 34.5 Å². The number of esters is 2. The smallest absolute Gasteiger partial charge is 0.343 e. The third kappa shape index (κ3) is 7.82. The van der Waals surface area contributed by atoms with Crippen molar-refractivity contribution in [3.8, 4) is 17.2 Å². The van der Waals surface area contributed by atoms with E-state index in [0.717, 1.165) is 11.3 Å². The summed E-state index contributed by atoms with van der Waals surface area (Å²) in [4.78, 5) is 44.3. The summed E-state index contributed by atoms with van der Waals surface area (Å²) in [6.45, 7) is 5.02. The molecule has 1 atom stereocenters. The normalized spacial score (nSPS) is 14.2. The van der Waals surface area contributed by atoms with Crippen molar-refractivity contribution in [3.05, 3.63) is 118 Å². The largest absolute Gasteiger partial charge is 0.490 e. The molecule has 2 heterocycles. The monoisotopic (exact) mass is 728 g/mol. The molecule has 256 valence electrons. The van der Waals surface area contributed by atoms with Gasteiger partial charge in [-0.1, -0.05) is 58.8 Å². The minimum atomic E-state index is -0.967. The number of rotatable bonds is 12. The summed E-state index contributed by atoms with van der Waals surface area (Å²) in [6, 6.07) is 13.2. The fourth-order valence-electron chi connectivity index (χ4n) is 5.13. The van der Waals surface area contributed by atoms with Crippen molar-refractivity contribution in [1.82, 2.24) is 4.57 Å². The van der Waals surface area contributed by atoms with E-state index in [4.69, 9.17) is 42.1 Å². The predicted molar refractivity (Wildman–Crippen MR) is 183 cm³/mol. The Morgan fingerprint density at radius 2 is 1.80 bits per heavy atom. The third-order valence-electron chi connectivity index (χ3n) is 7.33. The predicted octanol–water partition coefficient (Wildman–Crippen LogP) is 5.77. The summed E-state index contributed by atoms with van der Waals surface area (Å²) < 4.78 is 43.5. The van der Waals surface area contributed by atoms with Crippen LogP contribution in [0.1, 0.15) is 43.5 Å². The molecule has 0 radical (unpaired) electrons. The van der Waals surface area contributed by atoms with Gasteiger partial charge < -0.3 is 23.7 Å². The van der Waals surface area contributed by atoms with Crippen LogP contribution in [-0.2, 0) is 25.7 Å². The fraction of sp³-hybridized carbons (Fsp3) is 0.257. The molecule has 0 amide bonds. The molecule has 0 bridgehead atoms. The average Bonchev–Trinajstić information content (AvgIpc) is 3.37. The number of hydrogen-bond acceptors (Lipinski definition) is 10. The molecule has 49 heavy (non-hydrogen) atoms. The lowest BCUT2D eigenvalue weighted by Gasteiger charge is -2.25. The van der Waals surface area contributed by atoms with Gasteiger partial charge in [0, 0.05) is 16.1 Å². The number of halogens is 3. The van der Waals surface area contributed by atoms with E-state index in [2.05, 4.69) is 9.73 Å². The van der Waals surface area contributed by atoms with Gasteiger partial charge in [0.1, 0.15) is 18.2 Å². The molecule has 0 fully saturated rings. The third-order valence-corrected chi connectivity index (χ3v) is 8.81. The number of methoxy groups -OCH3 is 1. The lowest BCUT2D eigenvalue weighted by molar-refractivity contribution is -0.143. The summed E-state index contributed by atoms with van der Waals surface area (Å²) in [5.74, 6) is -0.910. The van der Waals surface area contributed by atoms with Gasteiger partial charge in [-0.25, -0.2) is 19.0 Å². The summed E-state index contributed by atoms with van der Waals surface area (Å²) in [5, 5.41) is 0.456. The standard InChI is InChI=1S/C35H31Cl2FN2O8S/c1-5-45-27-14-20(11-12-26(27)47-18-29(41)44-4)31-30(34(43)46-6-2)19(3)39-35-40(31)33(42)28(49-35)15-22-13-23(36)16-24(37)32(22)48-17-21-9-7-8-10-25(21)38/h7-16,31H,5-6,17-18H2,1-4H3/b28-15+/t31-/m1/s1. The van der Waals surface area contributed by atoms with Crippen LogP contribution in [0, 0.1) is 5.82 Å². The first-order valence-electron chi connectivity index (χ1n) is 15.1. The molecule has 0 saturated carbocycles. The topological polar surface area (TPSA) is 115 Å². The quantitative estimate of drug-likeness (QED) is 0.169. The van der Waals surface area contributed by atoms with Crippen molar-refractivity contribution < 1.29 is 37.7 Å². The van der Waals surface area contributed by atoms with Crippen LogP contribution in [0.3, 0.4) is 0 Å². The number of nitrogens with zero attached hydrogens (tertiary/aromatic N) is 2. The first-order chi connectivity index (χ1) is 23.6. The SMILES string of the molecule is CCOC(=O)C1=C(C)N=c2s/c(=C/c3cc(Cl)cc(Cl)c3OCc3ccccc3F)c(=O)n2[C@@H]1c1ccc(OCC(=O)OC)c(OCC)c1. The van der Waals surface area contributed by atoms with E-state index in [0.29, 0.717) is 32.2 Å². The van der Waals surface area contributed by atoms with E-state index in [-0.39, 0.29) is 58.8 Å². The van der Waals surface area contributed by atoms with Gasteiger partial charge in [-0.15, -0.1) is 0 Å². The Balaban J connectivity index is 1.65. The maximum Gasteiger partial charge on any atom is 0.343 e. The second-order valence-electron chi connectivity index (χ2n) is 10.5. The first-order valence-corrected chi connectivity index (χ1v) is 16.6. The number of thiazole rings is 1. The number of fused-ring (bicyclic) bond motifs is 1. The first kappa shape index (κ1) is 35.7. The van der Waals surface area contributed by atoms with Crippen LogP contribution in [0.2, 0.25) is 10.0 Å². The van der Waals surface area contributed by atoms with Gasteiger partial charge >= 0.3 is 11.9 Å². The fourth-order valence-corrected chi connectivity index (χ4v) is 6.73. The number of benzene rings is 3. The maximum absolute atomic E-state index is 14.3. The van der Waals surface area contributed by atoms with Crippen LogP contribution in [-0.4, -0.2) is 43.4 Å². The number of allylic oxidation sites excluding steroid dienone is 1. The Hall–Kier alpha value is -4.65. The Morgan fingerprint density at radius 3 is 2.51 bits per heavy atom. The lowest BCUT2D eigenvalue weighted by Crippen LogP contribution is -2.40. The van der Waals surface area contributed by atoms with E-state index >= 15 is 0 Å². The van der Waals surface area contributed by atoms with Crippen LogP contribution in [0.4, 0.5) is 4.39 Å². The Bertz CT molecular complexity index is 2130. The second-order valence-corrected chi connectivity index (χ2v) is 12.3. The van der Waals surface area contributed by atoms with Crippen LogP contribution in [0.5, 0.6) is 17.2 Å². The van der Waals surface area contributed by atoms with Crippen LogP contribution < -0.4 is 29.1 Å². The molecular formula is C35H31Cl2FN2O8S. The number of ether oxygens (including phenoxy) is 5. The molecule has 1 aliphatic heterocycles. The Labute approximate surface area is 294 Å². The highest BCUT2D eigenvalue weighted by molar-refractivity contribution is 7.07. The number of hydrogen-bond donors (Lipinski definition) is 0. The van der Waals surface area contributed by atoms with E-state index in [1.54, 1.807) is 69.3 Å².